The molecule has 1 saturated heterocycles. The fraction of sp³-hybridized carbons (Fsp3) is 0.158. The Bertz CT molecular complexity index is 933. The predicted octanol–water partition coefficient (Wildman–Crippen LogP) is 4.06. The van der Waals surface area contributed by atoms with Crippen molar-refractivity contribution in [3.05, 3.63) is 71.9 Å². The van der Waals surface area contributed by atoms with Crippen LogP contribution in [0.5, 0.6) is 0 Å². The molecular weight excluding hydrogens is 320 g/mol. The minimum absolute atomic E-state index is 0.146. The van der Waals surface area contributed by atoms with Crippen LogP contribution in [-0.2, 0) is 11.3 Å². The highest BCUT2D eigenvalue weighted by Gasteiger charge is 2.39. The van der Waals surface area contributed by atoms with Crippen molar-refractivity contribution in [2.45, 2.75) is 11.8 Å². The van der Waals surface area contributed by atoms with Crippen LogP contribution in [-0.4, -0.2) is 27.7 Å². The van der Waals surface area contributed by atoms with Crippen LogP contribution in [0.2, 0.25) is 0 Å². The molecule has 0 aliphatic carbocycles. The second-order valence-corrected chi connectivity index (χ2v) is 6.93. The number of imide groups is 1. The number of aromatic nitrogens is 1. The molecule has 1 unspecified atom stereocenters. The summed E-state index contributed by atoms with van der Waals surface area (Å²) in [4.78, 5) is 25.5. The number of fused-ring (bicyclic) bond motifs is 1. The van der Waals surface area contributed by atoms with Crippen molar-refractivity contribution in [1.82, 2.24) is 9.47 Å². The smallest absolute Gasteiger partial charge is 0.289 e. The molecule has 2 amide bonds. The molecule has 1 fully saturated rings. The number of carbonyl (C=O) groups excluding carboxylic acids is 2. The Kier molecular flexibility index (Phi) is 3.65. The Hall–Kier alpha value is -2.53. The standard InChI is InChI=1S/C19H16N2O2S/c1-20-18(22)17(24-19(20)23)15-12-21(11-13-7-3-2-4-8-13)16-10-6-5-9-14(15)16/h2-10,12,17H,11H2,1H3. The number of para-hydroxylation sites is 1. The molecule has 1 aliphatic heterocycles. The summed E-state index contributed by atoms with van der Waals surface area (Å²) < 4.78 is 2.15. The molecule has 1 aromatic heterocycles. The zero-order valence-corrected chi connectivity index (χ0v) is 14.0. The van der Waals surface area contributed by atoms with Crippen molar-refractivity contribution in [3.63, 3.8) is 0 Å². The van der Waals surface area contributed by atoms with Crippen molar-refractivity contribution in [3.8, 4) is 0 Å². The van der Waals surface area contributed by atoms with Gasteiger partial charge < -0.3 is 4.57 Å². The third-order valence-electron chi connectivity index (χ3n) is 4.35. The average Bonchev–Trinajstić information content (AvgIpc) is 3.09. The van der Waals surface area contributed by atoms with Gasteiger partial charge in [-0.25, -0.2) is 0 Å². The van der Waals surface area contributed by atoms with Crippen molar-refractivity contribution >= 4 is 33.8 Å². The molecule has 1 atom stereocenters. The van der Waals surface area contributed by atoms with Crippen LogP contribution in [0.1, 0.15) is 16.4 Å². The van der Waals surface area contributed by atoms with Crippen LogP contribution < -0.4 is 0 Å². The summed E-state index contributed by atoms with van der Waals surface area (Å²) in [7, 11) is 1.54. The van der Waals surface area contributed by atoms with Gasteiger partial charge in [-0.3, -0.25) is 14.5 Å². The summed E-state index contributed by atoms with van der Waals surface area (Å²) >= 11 is 1.09. The van der Waals surface area contributed by atoms with E-state index in [1.54, 1.807) is 7.05 Å². The first-order valence-corrected chi connectivity index (χ1v) is 8.63. The van der Waals surface area contributed by atoms with Crippen molar-refractivity contribution in [1.29, 1.82) is 0 Å². The van der Waals surface area contributed by atoms with E-state index < -0.39 is 5.25 Å². The Labute approximate surface area is 144 Å². The summed E-state index contributed by atoms with van der Waals surface area (Å²) in [5, 5.41) is 0.386. The van der Waals surface area contributed by atoms with Crippen molar-refractivity contribution in [2.24, 2.45) is 0 Å². The lowest BCUT2D eigenvalue weighted by Gasteiger charge is -2.06. The molecule has 0 radical (unpaired) electrons. The quantitative estimate of drug-likeness (QED) is 0.724. The minimum atomic E-state index is -0.454. The SMILES string of the molecule is CN1C(=O)SC(c2cn(Cc3ccccc3)c3ccccc23)C1=O. The fourth-order valence-electron chi connectivity index (χ4n) is 3.09. The Morgan fingerprint density at radius 1 is 1.00 bits per heavy atom. The number of carbonyl (C=O) groups is 2. The van der Waals surface area contributed by atoms with E-state index in [9.17, 15) is 9.59 Å². The number of rotatable bonds is 3. The maximum absolute atomic E-state index is 12.4. The number of nitrogens with zero attached hydrogens (tertiary/aromatic N) is 2. The molecule has 4 nitrogen and oxygen atoms in total. The number of amides is 2. The molecule has 24 heavy (non-hydrogen) atoms. The normalized spacial score (nSPS) is 17.9. The molecule has 0 spiro atoms. The van der Waals surface area contributed by atoms with E-state index >= 15 is 0 Å². The second kappa shape index (κ2) is 5.83. The minimum Gasteiger partial charge on any atom is -0.343 e. The number of likely N-dealkylation sites (N-methyl/N-ethyl adjacent to an activating group) is 1. The zero-order valence-electron chi connectivity index (χ0n) is 13.2. The first kappa shape index (κ1) is 15.0. The zero-order chi connectivity index (χ0) is 16.7. The average molecular weight is 336 g/mol. The third kappa shape index (κ3) is 2.41. The maximum atomic E-state index is 12.4. The Morgan fingerprint density at radius 3 is 2.42 bits per heavy atom. The second-order valence-electron chi connectivity index (χ2n) is 5.88. The first-order valence-electron chi connectivity index (χ1n) is 7.75. The van der Waals surface area contributed by atoms with Gasteiger partial charge in [-0.1, -0.05) is 48.5 Å². The summed E-state index contributed by atoms with van der Waals surface area (Å²) in [6, 6.07) is 18.2. The molecule has 2 heterocycles. The fourth-order valence-corrected chi connectivity index (χ4v) is 4.11. The Morgan fingerprint density at radius 2 is 1.71 bits per heavy atom. The Balaban J connectivity index is 1.80. The van der Waals surface area contributed by atoms with E-state index in [4.69, 9.17) is 0 Å². The van der Waals surface area contributed by atoms with Gasteiger partial charge in [0.25, 0.3) is 5.24 Å². The highest BCUT2D eigenvalue weighted by Crippen LogP contribution is 2.42. The molecule has 120 valence electrons. The molecule has 1 aliphatic rings. The van der Waals surface area contributed by atoms with Gasteiger partial charge in [0.2, 0.25) is 5.91 Å². The third-order valence-corrected chi connectivity index (χ3v) is 5.51. The molecular formula is C19H16N2O2S. The summed E-state index contributed by atoms with van der Waals surface area (Å²) in [6.07, 6.45) is 2.01. The molecule has 3 aromatic rings. The number of hydrogen-bond acceptors (Lipinski definition) is 3. The van der Waals surface area contributed by atoms with Gasteiger partial charge in [-0.2, -0.15) is 0 Å². The van der Waals surface area contributed by atoms with Crippen molar-refractivity contribution in [2.75, 3.05) is 7.05 Å². The van der Waals surface area contributed by atoms with Gasteiger partial charge in [0, 0.05) is 36.3 Å². The summed E-state index contributed by atoms with van der Waals surface area (Å²) in [5.74, 6) is -0.146. The predicted molar refractivity (Wildman–Crippen MR) is 96.0 cm³/mol. The monoisotopic (exact) mass is 336 g/mol. The molecule has 5 heteroatoms. The molecule has 0 N–H and O–H groups in total. The van der Waals surface area contributed by atoms with E-state index in [0.29, 0.717) is 0 Å². The van der Waals surface area contributed by atoms with Crippen LogP contribution in [0.25, 0.3) is 10.9 Å². The highest BCUT2D eigenvalue weighted by molar-refractivity contribution is 8.15. The van der Waals surface area contributed by atoms with E-state index in [1.807, 2.05) is 42.6 Å². The van der Waals surface area contributed by atoms with E-state index in [2.05, 4.69) is 22.8 Å². The van der Waals surface area contributed by atoms with Gasteiger partial charge in [0.15, 0.2) is 0 Å². The van der Waals surface area contributed by atoms with Gasteiger partial charge in [-0.15, -0.1) is 0 Å². The van der Waals surface area contributed by atoms with Crippen LogP contribution >= 0.6 is 11.8 Å². The molecule has 0 saturated carbocycles. The molecule has 0 bridgehead atoms. The number of hydrogen-bond donors (Lipinski definition) is 0. The largest absolute Gasteiger partial charge is 0.343 e. The number of thioether (sulfide) groups is 1. The lowest BCUT2D eigenvalue weighted by molar-refractivity contribution is -0.125. The lowest BCUT2D eigenvalue weighted by atomic mass is 10.1. The lowest BCUT2D eigenvalue weighted by Crippen LogP contribution is -2.24. The molecule has 2 aromatic carbocycles. The topological polar surface area (TPSA) is 42.3 Å². The van der Waals surface area contributed by atoms with Crippen LogP contribution in [0.3, 0.4) is 0 Å². The van der Waals surface area contributed by atoms with Gasteiger partial charge in [-0.05, 0) is 23.4 Å². The first-order chi connectivity index (χ1) is 11.6. The van der Waals surface area contributed by atoms with Gasteiger partial charge >= 0.3 is 0 Å². The van der Waals surface area contributed by atoms with Crippen molar-refractivity contribution < 1.29 is 9.59 Å². The van der Waals surface area contributed by atoms with Crippen LogP contribution in [0.4, 0.5) is 4.79 Å². The van der Waals surface area contributed by atoms with Gasteiger partial charge in [0.05, 0.1) is 0 Å². The van der Waals surface area contributed by atoms with Gasteiger partial charge in [0.1, 0.15) is 5.25 Å². The summed E-state index contributed by atoms with van der Waals surface area (Å²) in [5.41, 5.74) is 3.18. The van der Waals surface area contributed by atoms with Crippen LogP contribution in [0, 0.1) is 0 Å². The van der Waals surface area contributed by atoms with E-state index in [1.165, 1.54) is 10.5 Å². The van der Waals surface area contributed by atoms with Crippen LogP contribution in [0.15, 0.2) is 60.8 Å². The summed E-state index contributed by atoms with van der Waals surface area (Å²) in [6.45, 7) is 0.733. The van der Waals surface area contributed by atoms with E-state index in [-0.39, 0.29) is 11.1 Å². The molecule has 4 rings (SSSR count). The maximum Gasteiger partial charge on any atom is 0.289 e. The highest BCUT2D eigenvalue weighted by atomic mass is 32.2. The number of benzene rings is 2. The van der Waals surface area contributed by atoms with E-state index in [0.717, 1.165) is 34.8 Å².